The molecule has 1 rings (SSSR count). The summed E-state index contributed by atoms with van der Waals surface area (Å²) in [6, 6.07) is 3.94. The van der Waals surface area contributed by atoms with Crippen molar-refractivity contribution in [1.29, 1.82) is 0 Å². The first-order chi connectivity index (χ1) is 9.12. The van der Waals surface area contributed by atoms with E-state index in [4.69, 9.17) is 9.47 Å². The predicted octanol–water partition coefficient (Wildman–Crippen LogP) is 1.59. The van der Waals surface area contributed by atoms with Crippen molar-refractivity contribution in [2.75, 3.05) is 21.3 Å². The van der Waals surface area contributed by atoms with Crippen LogP contribution < -0.4 is 20.3 Å². The highest BCUT2D eigenvalue weighted by Gasteiger charge is 2.09. The van der Waals surface area contributed by atoms with Gasteiger partial charge in [0.25, 0.3) is 0 Å². The monoisotopic (exact) mass is 266 g/mol. The number of nitrogens with one attached hydrogen (secondary N) is 2. The maximum atomic E-state index is 11.3. The smallest absolute Gasteiger partial charge is 0.234 e. The Morgan fingerprint density at radius 1 is 1.21 bits per heavy atom. The molecule has 0 fully saturated rings. The Labute approximate surface area is 114 Å². The van der Waals surface area contributed by atoms with E-state index >= 15 is 0 Å². The van der Waals surface area contributed by atoms with E-state index < -0.39 is 0 Å². The van der Waals surface area contributed by atoms with Gasteiger partial charge in [0.15, 0.2) is 0 Å². The number of methoxy groups -OCH3 is 2. The topological polar surface area (TPSA) is 59.6 Å². The third-order valence-electron chi connectivity index (χ3n) is 2.91. The van der Waals surface area contributed by atoms with Crippen LogP contribution in [0, 0.1) is 6.92 Å². The van der Waals surface area contributed by atoms with E-state index in [-0.39, 0.29) is 5.91 Å². The molecule has 0 aliphatic carbocycles. The largest absolute Gasteiger partial charge is 0.496 e. The summed E-state index contributed by atoms with van der Waals surface area (Å²) in [5.74, 6) is 1.67. The Morgan fingerprint density at radius 2 is 1.89 bits per heavy atom. The Kier molecular flexibility index (Phi) is 6.15. The third-order valence-corrected chi connectivity index (χ3v) is 2.91. The first kappa shape index (κ1) is 15.3. The Bertz CT molecular complexity index is 433. The molecule has 5 heteroatoms. The molecule has 0 saturated carbocycles. The zero-order chi connectivity index (χ0) is 14.3. The molecule has 106 valence electrons. The van der Waals surface area contributed by atoms with E-state index in [9.17, 15) is 4.79 Å². The molecule has 0 aromatic heterocycles. The van der Waals surface area contributed by atoms with Crippen LogP contribution in [0.2, 0.25) is 0 Å². The molecule has 0 spiro atoms. The molecule has 0 unspecified atom stereocenters. The second kappa shape index (κ2) is 7.63. The summed E-state index contributed by atoms with van der Waals surface area (Å²) >= 11 is 0. The summed E-state index contributed by atoms with van der Waals surface area (Å²) in [6.07, 6.45) is 2.01. The fraction of sp³-hybridized carbons (Fsp3) is 0.500. The van der Waals surface area contributed by atoms with Crippen LogP contribution >= 0.6 is 0 Å². The van der Waals surface area contributed by atoms with E-state index in [0.29, 0.717) is 6.42 Å². The zero-order valence-electron chi connectivity index (χ0n) is 12.0. The first-order valence-corrected chi connectivity index (χ1v) is 6.29. The molecule has 1 aromatic carbocycles. The van der Waals surface area contributed by atoms with Crippen LogP contribution in [0.25, 0.3) is 0 Å². The van der Waals surface area contributed by atoms with Gasteiger partial charge in [-0.15, -0.1) is 0 Å². The number of aryl methyl sites for hydroxylation is 2. The van der Waals surface area contributed by atoms with E-state index in [0.717, 1.165) is 35.5 Å². The molecule has 0 bridgehead atoms. The van der Waals surface area contributed by atoms with Gasteiger partial charge in [-0.2, -0.15) is 0 Å². The number of benzene rings is 1. The highest BCUT2D eigenvalue weighted by molar-refractivity contribution is 5.75. The molecule has 0 radical (unpaired) electrons. The standard InChI is InChI=1S/C14H22N2O3/c1-10-8-13(19-4)11(9-12(10)18-3)6-5-7-14(17)16-15-2/h8-9,15H,5-7H2,1-4H3,(H,16,17). The minimum absolute atomic E-state index is 0.0134. The maximum Gasteiger partial charge on any atom is 0.234 e. The van der Waals surface area contributed by atoms with Crippen LogP contribution in [0.4, 0.5) is 0 Å². The molecule has 1 amide bonds. The number of carbonyl (C=O) groups is 1. The van der Waals surface area contributed by atoms with Crippen molar-refractivity contribution in [2.45, 2.75) is 26.2 Å². The first-order valence-electron chi connectivity index (χ1n) is 6.29. The number of rotatable bonds is 7. The lowest BCUT2D eigenvalue weighted by molar-refractivity contribution is -0.122. The Morgan fingerprint density at radius 3 is 2.47 bits per heavy atom. The normalized spacial score (nSPS) is 10.1. The van der Waals surface area contributed by atoms with Crippen LogP contribution in [-0.4, -0.2) is 27.2 Å². The minimum Gasteiger partial charge on any atom is -0.496 e. The van der Waals surface area contributed by atoms with E-state index in [1.54, 1.807) is 21.3 Å². The SMILES string of the molecule is CNNC(=O)CCCc1cc(OC)c(C)cc1OC. The Balaban J connectivity index is 2.68. The van der Waals surface area contributed by atoms with Crippen molar-refractivity contribution in [3.05, 3.63) is 23.3 Å². The number of amides is 1. The second-order valence-electron chi connectivity index (χ2n) is 4.29. The fourth-order valence-electron chi connectivity index (χ4n) is 1.95. The van der Waals surface area contributed by atoms with Crippen LogP contribution in [0.3, 0.4) is 0 Å². The highest BCUT2D eigenvalue weighted by Crippen LogP contribution is 2.29. The van der Waals surface area contributed by atoms with E-state index in [2.05, 4.69) is 10.9 Å². The quantitative estimate of drug-likeness (QED) is 0.736. The van der Waals surface area contributed by atoms with Gasteiger partial charge < -0.3 is 9.47 Å². The van der Waals surface area contributed by atoms with Crippen molar-refractivity contribution < 1.29 is 14.3 Å². The number of ether oxygens (including phenoxy) is 2. The lowest BCUT2D eigenvalue weighted by Crippen LogP contribution is -2.33. The summed E-state index contributed by atoms with van der Waals surface area (Å²) in [6.45, 7) is 1.98. The van der Waals surface area contributed by atoms with E-state index in [1.807, 2.05) is 19.1 Å². The van der Waals surface area contributed by atoms with Gasteiger partial charge in [-0.3, -0.25) is 10.2 Å². The highest BCUT2D eigenvalue weighted by atomic mass is 16.5. The summed E-state index contributed by atoms with van der Waals surface area (Å²) in [5.41, 5.74) is 7.26. The fourth-order valence-corrected chi connectivity index (χ4v) is 1.95. The average molecular weight is 266 g/mol. The summed E-state index contributed by atoms with van der Waals surface area (Å²) in [5, 5.41) is 0. The van der Waals surface area contributed by atoms with Crippen molar-refractivity contribution in [2.24, 2.45) is 0 Å². The van der Waals surface area contributed by atoms with Gasteiger partial charge >= 0.3 is 0 Å². The molecular weight excluding hydrogens is 244 g/mol. The lowest BCUT2D eigenvalue weighted by Gasteiger charge is -2.13. The lowest BCUT2D eigenvalue weighted by atomic mass is 10.0. The average Bonchev–Trinajstić information content (AvgIpc) is 2.40. The molecule has 0 aliphatic heterocycles. The van der Waals surface area contributed by atoms with Gasteiger partial charge in [0.2, 0.25) is 5.91 Å². The van der Waals surface area contributed by atoms with Gasteiger partial charge in [0.05, 0.1) is 14.2 Å². The molecule has 5 nitrogen and oxygen atoms in total. The zero-order valence-corrected chi connectivity index (χ0v) is 12.0. The Hall–Kier alpha value is -1.75. The number of carbonyl (C=O) groups excluding carboxylic acids is 1. The maximum absolute atomic E-state index is 11.3. The van der Waals surface area contributed by atoms with Crippen LogP contribution in [0.5, 0.6) is 11.5 Å². The minimum atomic E-state index is -0.0134. The van der Waals surface area contributed by atoms with Crippen molar-refractivity contribution >= 4 is 5.91 Å². The molecule has 0 atom stereocenters. The second-order valence-corrected chi connectivity index (χ2v) is 4.29. The van der Waals surface area contributed by atoms with Gasteiger partial charge in [0.1, 0.15) is 11.5 Å². The molecular formula is C14H22N2O3. The molecule has 1 aromatic rings. The summed E-state index contributed by atoms with van der Waals surface area (Å²) in [4.78, 5) is 11.3. The molecule has 0 heterocycles. The molecule has 0 saturated heterocycles. The van der Waals surface area contributed by atoms with Crippen LogP contribution in [0.15, 0.2) is 12.1 Å². The number of hydrogen-bond donors (Lipinski definition) is 2. The molecule has 0 aliphatic rings. The predicted molar refractivity (Wildman–Crippen MR) is 74.4 cm³/mol. The third kappa shape index (κ3) is 4.44. The van der Waals surface area contributed by atoms with Crippen LogP contribution in [0.1, 0.15) is 24.0 Å². The van der Waals surface area contributed by atoms with E-state index in [1.165, 1.54) is 0 Å². The van der Waals surface area contributed by atoms with Crippen LogP contribution in [-0.2, 0) is 11.2 Å². The van der Waals surface area contributed by atoms with Gasteiger partial charge in [0, 0.05) is 13.5 Å². The summed E-state index contributed by atoms with van der Waals surface area (Å²) < 4.78 is 10.7. The molecule has 19 heavy (non-hydrogen) atoms. The number of hydrogen-bond acceptors (Lipinski definition) is 4. The number of hydrazine groups is 1. The van der Waals surface area contributed by atoms with Gasteiger partial charge in [-0.05, 0) is 43.0 Å². The van der Waals surface area contributed by atoms with Crippen molar-refractivity contribution in [3.63, 3.8) is 0 Å². The van der Waals surface area contributed by atoms with Gasteiger partial charge in [-0.25, -0.2) is 5.43 Å². The summed E-state index contributed by atoms with van der Waals surface area (Å²) in [7, 11) is 4.98. The van der Waals surface area contributed by atoms with Crippen molar-refractivity contribution in [1.82, 2.24) is 10.9 Å². The van der Waals surface area contributed by atoms with Gasteiger partial charge in [-0.1, -0.05) is 0 Å². The van der Waals surface area contributed by atoms with Crippen molar-refractivity contribution in [3.8, 4) is 11.5 Å². The molecule has 2 N–H and O–H groups in total.